The average Bonchev–Trinajstić information content (AvgIpc) is 3.23. The van der Waals surface area contributed by atoms with Gasteiger partial charge in [-0.15, -0.1) is 0 Å². The van der Waals surface area contributed by atoms with Crippen LogP contribution in [0.5, 0.6) is 0 Å². The van der Waals surface area contributed by atoms with Crippen molar-refractivity contribution in [1.29, 1.82) is 0 Å². The van der Waals surface area contributed by atoms with E-state index in [0.717, 1.165) is 12.8 Å². The summed E-state index contributed by atoms with van der Waals surface area (Å²) < 4.78 is 10.5. The van der Waals surface area contributed by atoms with Gasteiger partial charge in [0.15, 0.2) is 17.8 Å². The minimum Gasteiger partial charge on any atom is -0.461 e. The van der Waals surface area contributed by atoms with Gasteiger partial charge < -0.3 is 14.5 Å². The number of esters is 1. The predicted molar refractivity (Wildman–Crippen MR) is 110 cm³/mol. The number of aryl methyl sites for hydroxylation is 1. The minimum absolute atomic E-state index is 0.0185. The Morgan fingerprint density at radius 1 is 1.10 bits per heavy atom. The highest BCUT2D eigenvalue weighted by Gasteiger charge is 2.23. The molecule has 0 saturated carbocycles. The van der Waals surface area contributed by atoms with E-state index in [1.807, 2.05) is 25.1 Å². The van der Waals surface area contributed by atoms with E-state index in [-0.39, 0.29) is 30.0 Å². The fourth-order valence-electron chi connectivity index (χ4n) is 3.06. The zero-order valence-electron chi connectivity index (χ0n) is 16.6. The molecule has 0 bridgehead atoms. The van der Waals surface area contributed by atoms with Gasteiger partial charge in [-0.2, -0.15) is 0 Å². The standard InChI is InChI=1S/C23H24N2O4/c1-3-28-23(27)20-21(29-15-24-20)18-11-7-8-12-19(18)22(26)25-16(2)13-14-17-9-5-4-6-10-17/h4-12,15-16H,3,13-14H2,1-2H3,(H,25,26). The number of carbonyl (C=O) groups excluding carboxylic acids is 2. The molecule has 1 N–H and O–H groups in total. The Hall–Kier alpha value is -3.41. The molecule has 150 valence electrons. The summed E-state index contributed by atoms with van der Waals surface area (Å²) >= 11 is 0. The smallest absolute Gasteiger partial charge is 0.360 e. The van der Waals surface area contributed by atoms with E-state index in [1.165, 1.54) is 12.0 Å². The van der Waals surface area contributed by atoms with Crippen LogP contribution in [0.15, 0.2) is 65.4 Å². The molecule has 2 aromatic carbocycles. The lowest BCUT2D eigenvalue weighted by molar-refractivity contribution is 0.0520. The molecule has 0 spiro atoms. The molecule has 0 aliphatic heterocycles. The molecule has 0 aliphatic rings. The maximum absolute atomic E-state index is 12.9. The molecule has 3 aromatic rings. The number of nitrogens with zero attached hydrogens (tertiary/aromatic N) is 1. The molecule has 6 nitrogen and oxygen atoms in total. The molecule has 3 rings (SSSR count). The van der Waals surface area contributed by atoms with Crippen molar-refractivity contribution in [2.75, 3.05) is 6.61 Å². The third-order valence-electron chi connectivity index (χ3n) is 4.54. The number of amides is 1. The molecular formula is C23H24N2O4. The molecule has 1 unspecified atom stereocenters. The van der Waals surface area contributed by atoms with E-state index in [9.17, 15) is 9.59 Å². The number of hydrogen-bond acceptors (Lipinski definition) is 5. The zero-order valence-corrected chi connectivity index (χ0v) is 16.6. The zero-order chi connectivity index (χ0) is 20.6. The Bertz CT molecular complexity index is 966. The topological polar surface area (TPSA) is 81.4 Å². The van der Waals surface area contributed by atoms with Crippen LogP contribution in [0, 0.1) is 0 Å². The van der Waals surface area contributed by atoms with Crippen molar-refractivity contribution in [3.63, 3.8) is 0 Å². The highest BCUT2D eigenvalue weighted by Crippen LogP contribution is 2.27. The first-order valence-electron chi connectivity index (χ1n) is 9.65. The number of benzene rings is 2. The van der Waals surface area contributed by atoms with Crippen molar-refractivity contribution in [2.24, 2.45) is 0 Å². The molecule has 0 fully saturated rings. The van der Waals surface area contributed by atoms with E-state index in [2.05, 4.69) is 22.4 Å². The fourth-order valence-corrected chi connectivity index (χ4v) is 3.06. The first-order chi connectivity index (χ1) is 14.1. The van der Waals surface area contributed by atoms with Crippen LogP contribution in [0.2, 0.25) is 0 Å². The molecule has 1 heterocycles. The van der Waals surface area contributed by atoms with Crippen molar-refractivity contribution >= 4 is 11.9 Å². The summed E-state index contributed by atoms with van der Waals surface area (Å²) in [6.45, 7) is 3.92. The maximum atomic E-state index is 12.9. The van der Waals surface area contributed by atoms with Crippen LogP contribution in [0.25, 0.3) is 11.3 Å². The Morgan fingerprint density at radius 3 is 2.59 bits per heavy atom. The second kappa shape index (κ2) is 9.68. The SMILES string of the molecule is CCOC(=O)c1ncoc1-c1ccccc1C(=O)NC(C)CCc1ccccc1. The fraction of sp³-hybridized carbons (Fsp3) is 0.261. The van der Waals surface area contributed by atoms with Gasteiger partial charge in [-0.3, -0.25) is 4.79 Å². The highest BCUT2D eigenvalue weighted by atomic mass is 16.5. The number of aromatic nitrogens is 1. The quantitative estimate of drug-likeness (QED) is 0.579. The van der Waals surface area contributed by atoms with Crippen LogP contribution in [0.4, 0.5) is 0 Å². The van der Waals surface area contributed by atoms with Crippen molar-refractivity contribution in [2.45, 2.75) is 32.7 Å². The van der Waals surface area contributed by atoms with Crippen LogP contribution in [-0.4, -0.2) is 29.5 Å². The summed E-state index contributed by atoms with van der Waals surface area (Å²) in [6, 6.07) is 17.1. The molecule has 1 atom stereocenters. The van der Waals surface area contributed by atoms with Gasteiger partial charge in [-0.05, 0) is 38.3 Å². The van der Waals surface area contributed by atoms with E-state index in [0.29, 0.717) is 11.1 Å². The largest absolute Gasteiger partial charge is 0.461 e. The third-order valence-corrected chi connectivity index (χ3v) is 4.54. The summed E-state index contributed by atoms with van der Waals surface area (Å²) in [6.07, 6.45) is 2.87. The summed E-state index contributed by atoms with van der Waals surface area (Å²) in [5.41, 5.74) is 2.21. The van der Waals surface area contributed by atoms with Gasteiger partial charge in [-0.1, -0.05) is 48.5 Å². The van der Waals surface area contributed by atoms with Crippen molar-refractivity contribution in [3.05, 3.63) is 77.8 Å². The Labute approximate surface area is 169 Å². The highest BCUT2D eigenvalue weighted by molar-refractivity contribution is 6.03. The lowest BCUT2D eigenvalue weighted by Gasteiger charge is -2.15. The number of ether oxygens (including phenoxy) is 1. The van der Waals surface area contributed by atoms with Crippen LogP contribution in [0.3, 0.4) is 0 Å². The van der Waals surface area contributed by atoms with Crippen LogP contribution >= 0.6 is 0 Å². The molecule has 1 aromatic heterocycles. The molecule has 6 heteroatoms. The van der Waals surface area contributed by atoms with Crippen LogP contribution in [0.1, 0.15) is 46.7 Å². The summed E-state index contributed by atoms with van der Waals surface area (Å²) in [5, 5.41) is 3.03. The van der Waals surface area contributed by atoms with Crippen LogP contribution in [-0.2, 0) is 11.2 Å². The number of hydrogen-bond donors (Lipinski definition) is 1. The maximum Gasteiger partial charge on any atom is 0.360 e. The number of rotatable bonds is 8. The van der Waals surface area contributed by atoms with E-state index < -0.39 is 5.97 Å². The van der Waals surface area contributed by atoms with E-state index in [1.54, 1.807) is 31.2 Å². The van der Waals surface area contributed by atoms with E-state index in [4.69, 9.17) is 9.15 Å². The molecular weight excluding hydrogens is 368 g/mol. The van der Waals surface area contributed by atoms with Crippen LogP contribution < -0.4 is 5.32 Å². The Balaban J connectivity index is 1.74. The predicted octanol–water partition coefficient (Wildman–Crippen LogP) is 4.27. The summed E-state index contributed by atoms with van der Waals surface area (Å²) in [4.78, 5) is 29.0. The minimum atomic E-state index is -0.581. The molecule has 29 heavy (non-hydrogen) atoms. The van der Waals surface area contributed by atoms with Crippen molar-refractivity contribution < 1.29 is 18.7 Å². The van der Waals surface area contributed by atoms with Gasteiger partial charge in [0.1, 0.15) is 0 Å². The molecule has 0 saturated heterocycles. The normalized spacial score (nSPS) is 11.7. The van der Waals surface area contributed by atoms with Gasteiger partial charge in [-0.25, -0.2) is 9.78 Å². The Morgan fingerprint density at radius 2 is 1.83 bits per heavy atom. The summed E-state index contributed by atoms with van der Waals surface area (Å²) in [5.74, 6) is -0.582. The molecule has 0 aliphatic carbocycles. The monoisotopic (exact) mass is 392 g/mol. The van der Waals surface area contributed by atoms with Crippen molar-refractivity contribution in [1.82, 2.24) is 10.3 Å². The van der Waals surface area contributed by atoms with Gasteiger partial charge in [0.05, 0.1) is 12.2 Å². The Kier molecular flexibility index (Phi) is 6.79. The first-order valence-corrected chi connectivity index (χ1v) is 9.65. The van der Waals surface area contributed by atoms with Gasteiger partial charge in [0.2, 0.25) is 0 Å². The van der Waals surface area contributed by atoms with Crippen molar-refractivity contribution in [3.8, 4) is 11.3 Å². The van der Waals surface area contributed by atoms with Gasteiger partial charge >= 0.3 is 5.97 Å². The molecule has 1 amide bonds. The molecule has 0 radical (unpaired) electrons. The second-order valence-electron chi connectivity index (χ2n) is 6.69. The number of oxazole rings is 1. The average molecular weight is 392 g/mol. The lowest BCUT2D eigenvalue weighted by Crippen LogP contribution is -2.33. The third kappa shape index (κ3) is 5.10. The summed E-state index contributed by atoms with van der Waals surface area (Å²) in [7, 11) is 0. The number of nitrogens with one attached hydrogen (secondary N) is 1. The van der Waals surface area contributed by atoms with E-state index >= 15 is 0 Å². The van der Waals surface area contributed by atoms with Gasteiger partial charge in [0.25, 0.3) is 5.91 Å². The lowest BCUT2D eigenvalue weighted by atomic mass is 10.0. The first kappa shape index (κ1) is 20.3. The number of carbonyl (C=O) groups is 2. The second-order valence-corrected chi connectivity index (χ2v) is 6.69. The van der Waals surface area contributed by atoms with Gasteiger partial charge in [0, 0.05) is 11.6 Å².